The molecule has 2 aromatic heterocycles. The van der Waals surface area contributed by atoms with E-state index in [-0.39, 0.29) is 11.6 Å². The fraction of sp³-hybridized carbons (Fsp3) is 0.545. The third-order valence-corrected chi connectivity index (χ3v) is 6.19. The molecule has 3 heterocycles. The summed E-state index contributed by atoms with van der Waals surface area (Å²) in [6, 6.07) is 6.02. The maximum absolute atomic E-state index is 13.3. The lowest BCUT2D eigenvalue weighted by atomic mass is 9.95. The normalized spacial score (nSPS) is 20.5. The number of pyridine rings is 1. The van der Waals surface area contributed by atoms with Gasteiger partial charge in [-0.05, 0) is 60.4 Å². The lowest BCUT2D eigenvalue weighted by molar-refractivity contribution is -0.934. The van der Waals surface area contributed by atoms with E-state index < -0.39 is 0 Å². The minimum Gasteiger partial charge on any atom is -0.383 e. The Bertz CT molecular complexity index is 1090. The fourth-order valence-corrected chi connectivity index (χ4v) is 4.79. The van der Waals surface area contributed by atoms with Crippen LogP contribution >= 0.6 is 0 Å². The Balaban J connectivity index is 1.87. The zero-order chi connectivity index (χ0) is 21.3. The van der Waals surface area contributed by atoms with Gasteiger partial charge in [-0.15, -0.1) is 5.10 Å². The highest BCUT2D eigenvalue weighted by molar-refractivity contribution is 5.83. The largest absolute Gasteiger partial charge is 0.383 e. The minimum atomic E-state index is -0.214. The van der Waals surface area contributed by atoms with Crippen LogP contribution in [0.5, 0.6) is 0 Å². The van der Waals surface area contributed by atoms with Gasteiger partial charge in [-0.3, -0.25) is 4.79 Å². The number of quaternary nitrogens is 1. The van der Waals surface area contributed by atoms with Crippen molar-refractivity contribution in [3.05, 3.63) is 51.1 Å². The molecular formula is C22H31N6O2+. The molecule has 1 unspecified atom stereocenters. The number of aryl methyl sites for hydroxylation is 2. The van der Waals surface area contributed by atoms with Crippen LogP contribution in [-0.2, 0) is 11.3 Å². The second-order valence-corrected chi connectivity index (χ2v) is 8.64. The first-order valence-electron chi connectivity index (χ1n) is 10.7. The molecule has 1 fully saturated rings. The first-order chi connectivity index (χ1) is 14.5. The van der Waals surface area contributed by atoms with E-state index in [0.717, 1.165) is 52.9 Å². The van der Waals surface area contributed by atoms with Gasteiger partial charge in [-0.2, -0.15) is 0 Å². The van der Waals surface area contributed by atoms with Crippen LogP contribution in [0.4, 0.5) is 0 Å². The van der Waals surface area contributed by atoms with E-state index in [1.807, 2.05) is 13.0 Å². The monoisotopic (exact) mass is 411 g/mol. The maximum Gasteiger partial charge on any atom is 0.258 e. The molecule has 8 heteroatoms. The number of rotatable bonds is 6. The van der Waals surface area contributed by atoms with Gasteiger partial charge in [0, 0.05) is 23.9 Å². The molecule has 2 N–H and O–H groups in total. The molecule has 0 bridgehead atoms. The molecule has 0 radical (unpaired) electrons. The second kappa shape index (κ2) is 8.65. The number of nitrogens with zero attached hydrogens (tertiary/aromatic N) is 4. The molecule has 1 aliphatic heterocycles. The summed E-state index contributed by atoms with van der Waals surface area (Å²) in [7, 11) is 1.66. The van der Waals surface area contributed by atoms with Crippen molar-refractivity contribution in [2.75, 3.05) is 26.8 Å². The van der Waals surface area contributed by atoms with Crippen molar-refractivity contribution in [3.8, 4) is 0 Å². The number of methoxy groups -OCH3 is 1. The van der Waals surface area contributed by atoms with Crippen molar-refractivity contribution in [1.29, 1.82) is 0 Å². The molecule has 160 valence electrons. The Morgan fingerprint density at radius 2 is 2.17 bits per heavy atom. The van der Waals surface area contributed by atoms with E-state index in [2.05, 4.69) is 46.5 Å². The molecule has 3 aromatic rings. The highest BCUT2D eigenvalue weighted by atomic mass is 16.5. The van der Waals surface area contributed by atoms with Crippen LogP contribution in [-0.4, -0.2) is 52.0 Å². The van der Waals surface area contributed by atoms with Crippen molar-refractivity contribution < 1.29 is 9.64 Å². The SMILES string of the molecule is COCCn1nnnc1[C@@H](c1cc2c(C)cc(C)cc2[nH]c1=O)[NH+]1CCC[C@H](C)C1. The third kappa shape index (κ3) is 4.02. The summed E-state index contributed by atoms with van der Waals surface area (Å²) in [4.78, 5) is 17.7. The summed E-state index contributed by atoms with van der Waals surface area (Å²) >= 11 is 0. The number of benzene rings is 1. The summed E-state index contributed by atoms with van der Waals surface area (Å²) in [5.41, 5.74) is 3.83. The van der Waals surface area contributed by atoms with Gasteiger partial charge in [-0.1, -0.05) is 13.0 Å². The fourth-order valence-electron chi connectivity index (χ4n) is 4.79. The van der Waals surface area contributed by atoms with Gasteiger partial charge in [-0.25, -0.2) is 4.68 Å². The van der Waals surface area contributed by atoms with Crippen molar-refractivity contribution in [2.45, 2.75) is 46.2 Å². The Morgan fingerprint density at radius 1 is 1.33 bits per heavy atom. The zero-order valence-corrected chi connectivity index (χ0v) is 18.2. The first-order valence-corrected chi connectivity index (χ1v) is 10.7. The average molecular weight is 412 g/mol. The number of hydrogen-bond acceptors (Lipinski definition) is 5. The molecule has 3 atom stereocenters. The van der Waals surface area contributed by atoms with E-state index in [9.17, 15) is 4.79 Å². The van der Waals surface area contributed by atoms with Crippen LogP contribution in [0.3, 0.4) is 0 Å². The van der Waals surface area contributed by atoms with Crippen LogP contribution < -0.4 is 10.5 Å². The van der Waals surface area contributed by atoms with Gasteiger partial charge >= 0.3 is 0 Å². The summed E-state index contributed by atoms with van der Waals surface area (Å²) in [5.74, 6) is 1.33. The summed E-state index contributed by atoms with van der Waals surface area (Å²) in [5, 5.41) is 13.6. The Hall–Kier alpha value is -2.58. The number of likely N-dealkylation sites (tertiary alicyclic amines) is 1. The van der Waals surface area contributed by atoms with Gasteiger partial charge in [0.2, 0.25) is 5.82 Å². The number of H-pyrrole nitrogens is 1. The van der Waals surface area contributed by atoms with Crippen molar-refractivity contribution >= 4 is 10.9 Å². The van der Waals surface area contributed by atoms with Gasteiger partial charge < -0.3 is 14.6 Å². The number of hydrogen-bond donors (Lipinski definition) is 2. The lowest BCUT2D eigenvalue weighted by Gasteiger charge is -2.33. The molecule has 1 aromatic carbocycles. The molecule has 0 aliphatic carbocycles. The quantitative estimate of drug-likeness (QED) is 0.636. The number of nitrogens with one attached hydrogen (secondary N) is 2. The van der Waals surface area contributed by atoms with E-state index in [1.165, 1.54) is 11.3 Å². The molecule has 1 aliphatic rings. The number of aromatic amines is 1. The van der Waals surface area contributed by atoms with E-state index in [4.69, 9.17) is 4.74 Å². The molecule has 0 spiro atoms. The smallest absolute Gasteiger partial charge is 0.258 e. The van der Waals surface area contributed by atoms with E-state index >= 15 is 0 Å². The van der Waals surface area contributed by atoms with Gasteiger partial charge in [0.15, 0.2) is 6.04 Å². The predicted octanol–water partition coefficient (Wildman–Crippen LogP) is 1.18. The molecule has 8 nitrogen and oxygen atoms in total. The highest BCUT2D eigenvalue weighted by Crippen LogP contribution is 2.23. The van der Waals surface area contributed by atoms with E-state index in [1.54, 1.807) is 11.8 Å². The maximum atomic E-state index is 13.3. The van der Waals surface area contributed by atoms with Crippen LogP contribution in [0, 0.1) is 19.8 Å². The number of fused-ring (bicyclic) bond motifs is 1. The molecule has 0 amide bonds. The Labute approximate surface area is 176 Å². The van der Waals surface area contributed by atoms with Crippen molar-refractivity contribution in [3.63, 3.8) is 0 Å². The second-order valence-electron chi connectivity index (χ2n) is 8.64. The Morgan fingerprint density at radius 3 is 2.93 bits per heavy atom. The van der Waals surface area contributed by atoms with Crippen molar-refractivity contribution in [2.24, 2.45) is 5.92 Å². The van der Waals surface area contributed by atoms with Crippen LogP contribution in [0.1, 0.15) is 48.3 Å². The van der Waals surface area contributed by atoms with Gasteiger partial charge in [0.1, 0.15) is 0 Å². The molecule has 4 rings (SSSR count). The minimum absolute atomic E-state index is 0.0653. The zero-order valence-electron chi connectivity index (χ0n) is 18.2. The standard InChI is InChI=1S/C22H30N6O2/c1-14-6-5-7-27(13-14)20(21-24-25-26-28(21)8-9-30-4)18-12-17-16(3)10-15(2)11-19(17)23-22(18)29/h10-12,14,20H,5-9,13H2,1-4H3,(H,23,29)/p+1/t14-,20+/m0/s1. The number of piperidine rings is 1. The van der Waals surface area contributed by atoms with Crippen molar-refractivity contribution in [1.82, 2.24) is 25.2 Å². The molecular weight excluding hydrogens is 380 g/mol. The van der Waals surface area contributed by atoms with Crippen LogP contribution in [0.2, 0.25) is 0 Å². The van der Waals surface area contributed by atoms with Gasteiger partial charge in [0.05, 0.1) is 31.8 Å². The third-order valence-electron chi connectivity index (χ3n) is 6.19. The lowest BCUT2D eigenvalue weighted by Crippen LogP contribution is -3.14. The van der Waals surface area contributed by atoms with E-state index in [0.29, 0.717) is 19.1 Å². The summed E-state index contributed by atoms with van der Waals surface area (Å²) in [6.07, 6.45) is 2.35. The number of ether oxygens (including phenoxy) is 1. The number of tetrazole rings is 1. The summed E-state index contributed by atoms with van der Waals surface area (Å²) < 4.78 is 7.02. The van der Waals surface area contributed by atoms with Crippen LogP contribution in [0.25, 0.3) is 10.9 Å². The molecule has 30 heavy (non-hydrogen) atoms. The predicted molar refractivity (Wildman–Crippen MR) is 115 cm³/mol. The summed E-state index contributed by atoms with van der Waals surface area (Å²) in [6.45, 7) is 9.48. The topological polar surface area (TPSA) is 90.1 Å². The number of aromatic nitrogens is 5. The Kier molecular flexibility index (Phi) is 5.97. The first kappa shape index (κ1) is 20.7. The van der Waals surface area contributed by atoms with Gasteiger partial charge in [0.25, 0.3) is 5.56 Å². The average Bonchev–Trinajstić information content (AvgIpc) is 3.15. The molecule has 0 saturated carbocycles. The van der Waals surface area contributed by atoms with Crippen LogP contribution in [0.15, 0.2) is 23.0 Å². The highest BCUT2D eigenvalue weighted by Gasteiger charge is 2.36. The molecule has 1 saturated heterocycles.